The minimum Gasteiger partial charge on any atom is -0.294 e. The van der Waals surface area contributed by atoms with Crippen LogP contribution in [0.4, 0.5) is 0 Å². The van der Waals surface area contributed by atoms with Crippen LogP contribution < -0.4 is 0 Å². The Morgan fingerprint density at radius 2 is 1.32 bits per heavy atom. The lowest BCUT2D eigenvalue weighted by Crippen LogP contribution is -2.18. The van der Waals surface area contributed by atoms with Gasteiger partial charge in [-0.1, -0.05) is 71.7 Å². The molecule has 2 aliphatic carbocycles. The lowest BCUT2D eigenvalue weighted by molar-refractivity contribution is 0.0863. The van der Waals surface area contributed by atoms with Gasteiger partial charge in [0, 0.05) is 19.9 Å². The summed E-state index contributed by atoms with van der Waals surface area (Å²) in [7, 11) is 0. The fraction of sp³-hybridized carbons (Fsp3) is 0.409. The summed E-state index contributed by atoms with van der Waals surface area (Å²) in [5.41, 5.74) is 5.39. The summed E-state index contributed by atoms with van der Waals surface area (Å²) in [6, 6.07) is 12.6. The van der Waals surface area contributed by atoms with Gasteiger partial charge in [-0.2, -0.15) is 0 Å². The zero-order valence-electron chi connectivity index (χ0n) is 15.2. The fourth-order valence-electron chi connectivity index (χ4n) is 3.86. The van der Waals surface area contributed by atoms with E-state index < -0.39 is 0 Å². The zero-order chi connectivity index (χ0) is 18.4. The predicted molar refractivity (Wildman–Crippen MR) is 111 cm³/mol. The average Bonchev–Trinajstić information content (AvgIpc) is 2.92. The molecule has 132 valence electrons. The van der Waals surface area contributed by atoms with Gasteiger partial charge in [0.15, 0.2) is 5.78 Å². The minimum absolute atomic E-state index is 0.205. The van der Waals surface area contributed by atoms with E-state index >= 15 is 0 Å². The summed E-state index contributed by atoms with van der Waals surface area (Å²) < 4.78 is 2.19. The van der Waals surface area contributed by atoms with Crippen molar-refractivity contribution in [3.8, 4) is 0 Å². The van der Waals surface area contributed by atoms with Gasteiger partial charge < -0.3 is 0 Å². The summed E-state index contributed by atoms with van der Waals surface area (Å²) in [6.07, 6.45) is 3.33. The third kappa shape index (κ3) is 4.09. The monoisotopic (exact) mass is 462 g/mol. The molecule has 0 radical (unpaired) electrons. The number of carbonyl (C=O) groups is 1. The molecule has 2 aliphatic rings. The molecule has 2 aromatic carbocycles. The molecule has 25 heavy (non-hydrogen) atoms. The molecule has 1 nitrogen and oxygen atoms in total. The third-order valence-electron chi connectivity index (χ3n) is 5.07. The fourth-order valence-corrected chi connectivity index (χ4v) is 4.63. The Labute approximate surface area is 167 Å². The first-order valence-electron chi connectivity index (χ1n) is 8.68. The van der Waals surface area contributed by atoms with Crippen LogP contribution in [0.1, 0.15) is 54.7 Å². The number of Topliss-reactive ketones (excluding diaryl/α,β-unsaturated/α-hetero) is 1. The summed E-state index contributed by atoms with van der Waals surface area (Å²) in [5.74, 6) is 0.267. The first kappa shape index (κ1) is 18.8. The molecular weight excluding hydrogens is 440 g/mol. The van der Waals surface area contributed by atoms with Crippen LogP contribution in [0.25, 0.3) is 0 Å². The van der Waals surface area contributed by atoms with E-state index in [1.165, 1.54) is 34.0 Å². The molecule has 4 rings (SSSR count). The molecule has 0 spiro atoms. The van der Waals surface area contributed by atoms with Crippen LogP contribution in [0.15, 0.2) is 45.3 Å². The lowest BCUT2D eigenvalue weighted by atomic mass is 9.89. The number of hydrogen-bond donors (Lipinski definition) is 0. The van der Waals surface area contributed by atoms with Crippen molar-refractivity contribution in [1.82, 2.24) is 0 Å². The number of ketones is 1. The zero-order valence-corrected chi connectivity index (χ0v) is 18.4. The van der Waals surface area contributed by atoms with Gasteiger partial charge in [-0.25, -0.2) is 0 Å². The smallest absolute Gasteiger partial charge is 0.169 e. The van der Waals surface area contributed by atoms with Crippen molar-refractivity contribution in [2.24, 2.45) is 10.8 Å². The second-order valence-electron chi connectivity index (χ2n) is 8.62. The van der Waals surface area contributed by atoms with E-state index in [4.69, 9.17) is 0 Å². The number of carbonyl (C=O) groups excluding carboxylic acids is 1. The first-order valence-corrected chi connectivity index (χ1v) is 10.3. The van der Waals surface area contributed by atoms with E-state index in [0.29, 0.717) is 5.41 Å². The van der Waals surface area contributed by atoms with Crippen LogP contribution in [0, 0.1) is 10.8 Å². The van der Waals surface area contributed by atoms with Crippen LogP contribution in [0.3, 0.4) is 0 Å². The van der Waals surface area contributed by atoms with Crippen molar-refractivity contribution in [2.45, 2.75) is 47.0 Å². The van der Waals surface area contributed by atoms with Crippen LogP contribution >= 0.6 is 31.9 Å². The first-order chi connectivity index (χ1) is 11.6. The van der Waals surface area contributed by atoms with Crippen LogP contribution in [0.2, 0.25) is 0 Å². The molecule has 0 atom stereocenters. The maximum Gasteiger partial charge on any atom is 0.169 e. The Kier molecular flexibility index (Phi) is 5.02. The van der Waals surface area contributed by atoms with Crippen molar-refractivity contribution >= 4 is 37.6 Å². The summed E-state index contributed by atoms with van der Waals surface area (Å²) in [4.78, 5) is 11.8. The molecule has 0 saturated carbocycles. The SMILES string of the molecule is CC1(C)Cc2ccc(Br)cc2C1.CC1(C)Cc2ccc(Br)cc2C1=O. The highest BCUT2D eigenvalue weighted by Gasteiger charge is 2.37. The number of halogens is 2. The van der Waals surface area contributed by atoms with Crippen molar-refractivity contribution in [2.75, 3.05) is 0 Å². The van der Waals surface area contributed by atoms with E-state index in [0.717, 1.165) is 16.5 Å². The second kappa shape index (κ2) is 6.66. The van der Waals surface area contributed by atoms with Crippen LogP contribution in [-0.4, -0.2) is 5.78 Å². The largest absolute Gasteiger partial charge is 0.294 e. The number of rotatable bonds is 0. The molecule has 0 fully saturated rings. The molecule has 0 heterocycles. The van der Waals surface area contributed by atoms with Crippen LogP contribution in [0.5, 0.6) is 0 Å². The van der Waals surface area contributed by atoms with Gasteiger partial charge in [-0.05, 0) is 65.6 Å². The Morgan fingerprint density at radius 3 is 2.00 bits per heavy atom. The standard InChI is InChI=1S/C11H11BrO.C11H13Br/c1-11(2)6-7-3-4-8(12)5-9(7)10(11)13;1-11(2)6-8-3-4-10(12)5-9(8)7-11/h3-5H,6H2,1-2H3;3-5H,6-7H2,1-2H3. The van der Waals surface area contributed by atoms with Gasteiger partial charge in [-0.3, -0.25) is 4.79 Å². The maximum absolute atomic E-state index is 11.8. The third-order valence-corrected chi connectivity index (χ3v) is 6.06. The predicted octanol–water partition coefficient (Wildman–Crippen LogP) is 6.79. The van der Waals surface area contributed by atoms with Gasteiger partial charge in [-0.15, -0.1) is 0 Å². The van der Waals surface area contributed by atoms with Gasteiger partial charge in [0.1, 0.15) is 0 Å². The van der Waals surface area contributed by atoms with E-state index in [2.05, 4.69) is 63.9 Å². The molecule has 0 unspecified atom stereocenters. The van der Waals surface area contributed by atoms with E-state index in [1.807, 2.05) is 32.0 Å². The number of benzene rings is 2. The molecule has 0 saturated heterocycles. The van der Waals surface area contributed by atoms with Crippen molar-refractivity contribution in [3.05, 3.63) is 67.6 Å². The highest BCUT2D eigenvalue weighted by molar-refractivity contribution is 9.10. The molecule has 2 aromatic rings. The molecule has 3 heteroatoms. The minimum atomic E-state index is -0.205. The van der Waals surface area contributed by atoms with Gasteiger partial charge in [0.25, 0.3) is 0 Å². The topological polar surface area (TPSA) is 17.1 Å². The Bertz CT molecular complexity index is 834. The molecule has 0 amide bonds. The number of hydrogen-bond acceptors (Lipinski definition) is 1. The van der Waals surface area contributed by atoms with E-state index in [9.17, 15) is 4.79 Å². The molecular formula is C22H24Br2O. The highest BCUT2D eigenvalue weighted by atomic mass is 79.9. The maximum atomic E-state index is 11.8. The van der Waals surface area contributed by atoms with Crippen molar-refractivity contribution in [1.29, 1.82) is 0 Å². The normalized spacial score (nSPS) is 19.0. The summed E-state index contributed by atoms with van der Waals surface area (Å²) in [6.45, 7) is 8.67. The van der Waals surface area contributed by atoms with Gasteiger partial charge >= 0.3 is 0 Å². The van der Waals surface area contributed by atoms with Crippen molar-refractivity contribution < 1.29 is 4.79 Å². The van der Waals surface area contributed by atoms with Gasteiger partial charge in [0.05, 0.1) is 0 Å². The van der Waals surface area contributed by atoms with Crippen molar-refractivity contribution in [3.63, 3.8) is 0 Å². The second-order valence-corrected chi connectivity index (χ2v) is 10.5. The summed E-state index contributed by atoms with van der Waals surface area (Å²) in [5, 5.41) is 0. The summed E-state index contributed by atoms with van der Waals surface area (Å²) >= 11 is 6.88. The number of fused-ring (bicyclic) bond motifs is 2. The lowest BCUT2D eigenvalue weighted by Gasteiger charge is -2.14. The molecule has 0 bridgehead atoms. The average molecular weight is 464 g/mol. The molecule has 0 aliphatic heterocycles. The Hall–Kier alpha value is -0.930. The van der Waals surface area contributed by atoms with E-state index in [1.54, 1.807) is 0 Å². The van der Waals surface area contributed by atoms with Crippen LogP contribution in [-0.2, 0) is 19.3 Å². The molecule has 0 aromatic heterocycles. The quantitative estimate of drug-likeness (QED) is 0.420. The van der Waals surface area contributed by atoms with Gasteiger partial charge in [0.2, 0.25) is 0 Å². The van der Waals surface area contributed by atoms with E-state index in [-0.39, 0.29) is 11.2 Å². The Balaban J connectivity index is 0.000000146. The highest BCUT2D eigenvalue weighted by Crippen LogP contribution is 2.38. The molecule has 0 N–H and O–H groups in total. The Morgan fingerprint density at radius 1 is 0.760 bits per heavy atom.